The fourth-order valence-electron chi connectivity index (χ4n) is 0.278. The second-order valence-electron chi connectivity index (χ2n) is 1.49. The van der Waals surface area contributed by atoms with Crippen LogP contribution in [-0.4, -0.2) is 17.6 Å². The summed E-state index contributed by atoms with van der Waals surface area (Å²) in [6, 6.07) is 0. The Hall–Kier alpha value is -0.830. The largest absolute Gasteiger partial charge is 0.387 e. The van der Waals surface area contributed by atoms with Gasteiger partial charge in [-0.15, -0.1) is 0 Å². The molecule has 0 aromatic carbocycles. The molecular weight excluding hydrogens is 106 g/mol. The molecule has 0 spiro atoms. The Morgan fingerprint density at radius 3 is 2.50 bits per heavy atom. The van der Waals surface area contributed by atoms with Crippen LogP contribution in [0.3, 0.4) is 0 Å². The molecule has 0 aliphatic heterocycles. The summed E-state index contributed by atoms with van der Waals surface area (Å²) >= 11 is 0. The van der Waals surface area contributed by atoms with E-state index < -0.39 is 12.5 Å². The van der Waals surface area contributed by atoms with Gasteiger partial charge < -0.3 is 10.4 Å². The van der Waals surface area contributed by atoms with Crippen LogP contribution < -0.4 is 5.32 Å². The molecule has 0 radical (unpaired) electrons. The van der Waals surface area contributed by atoms with E-state index in [1.807, 2.05) is 0 Å². The van der Waals surface area contributed by atoms with Crippen molar-refractivity contribution in [1.29, 1.82) is 0 Å². The minimum absolute atomic E-state index is 0.419. The molecular formula is C5H9NO2. The predicted molar refractivity (Wildman–Crippen MR) is 30.0 cm³/mol. The highest BCUT2D eigenvalue weighted by molar-refractivity contribution is 5.78. The molecule has 0 aliphatic carbocycles. The maximum absolute atomic E-state index is 10.2. The van der Waals surface area contributed by atoms with Crippen molar-refractivity contribution in [3.8, 4) is 0 Å². The van der Waals surface area contributed by atoms with Crippen LogP contribution in [0.1, 0.15) is 6.92 Å². The van der Waals surface area contributed by atoms with Crippen LogP contribution in [0, 0.1) is 0 Å². The molecule has 0 aromatic rings. The Morgan fingerprint density at radius 1 is 1.88 bits per heavy atom. The summed E-state index contributed by atoms with van der Waals surface area (Å²) in [5.41, 5.74) is 0.545. The zero-order valence-electron chi connectivity index (χ0n) is 4.77. The summed E-state index contributed by atoms with van der Waals surface area (Å²) < 4.78 is 0. The number of hydrogen-bond donors (Lipinski definition) is 2. The van der Waals surface area contributed by atoms with Crippen LogP contribution >= 0.6 is 0 Å². The molecule has 0 saturated heterocycles. The van der Waals surface area contributed by atoms with Gasteiger partial charge in [0, 0.05) is 5.70 Å². The van der Waals surface area contributed by atoms with Gasteiger partial charge in [-0.3, -0.25) is 4.79 Å². The smallest absolute Gasteiger partial charge is 0.249 e. The summed E-state index contributed by atoms with van der Waals surface area (Å²) in [6.07, 6.45) is 0. The minimum Gasteiger partial charge on any atom is -0.387 e. The van der Waals surface area contributed by atoms with Crippen molar-refractivity contribution in [2.75, 3.05) is 6.61 Å². The third kappa shape index (κ3) is 3.36. The summed E-state index contributed by atoms with van der Waals surface area (Å²) in [4.78, 5) is 10.2. The Morgan fingerprint density at radius 2 is 2.38 bits per heavy atom. The molecule has 0 fully saturated rings. The van der Waals surface area contributed by atoms with Gasteiger partial charge in [-0.1, -0.05) is 6.58 Å². The van der Waals surface area contributed by atoms with Crippen molar-refractivity contribution < 1.29 is 9.90 Å². The van der Waals surface area contributed by atoms with E-state index in [-0.39, 0.29) is 0 Å². The first-order chi connectivity index (χ1) is 3.66. The Bertz CT molecular complexity index is 109. The van der Waals surface area contributed by atoms with Gasteiger partial charge in [-0.25, -0.2) is 0 Å². The highest BCUT2D eigenvalue weighted by Crippen LogP contribution is 1.75. The third-order valence-corrected chi connectivity index (χ3v) is 0.496. The number of carbonyl (C=O) groups is 1. The molecule has 2 N–H and O–H groups in total. The number of nitrogens with one attached hydrogen (secondary N) is 1. The van der Waals surface area contributed by atoms with Gasteiger partial charge in [0.15, 0.2) is 0 Å². The van der Waals surface area contributed by atoms with E-state index in [9.17, 15) is 4.79 Å². The Balaban J connectivity index is 3.40. The summed E-state index contributed by atoms with van der Waals surface area (Å²) in [7, 11) is 0. The molecule has 0 heterocycles. The van der Waals surface area contributed by atoms with Crippen LogP contribution in [0.15, 0.2) is 12.3 Å². The monoisotopic (exact) mass is 115 g/mol. The quantitative estimate of drug-likeness (QED) is 0.515. The molecule has 3 heteroatoms. The second kappa shape index (κ2) is 3.21. The fraction of sp³-hybridized carbons (Fsp3) is 0.400. The summed E-state index contributed by atoms with van der Waals surface area (Å²) in [6.45, 7) is 4.57. The first kappa shape index (κ1) is 7.17. The molecule has 0 bridgehead atoms. The van der Waals surface area contributed by atoms with Gasteiger partial charge in [0.2, 0.25) is 5.91 Å². The number of allylic oxidation sites excluding steroid dienone is 1. The van der Waals surface area contributed by atoms with Gasteiger partial charge >= 0.3 is 0 Å². The van der Waals surface area contributed by atoms with Gasteiger partial charge in [-0.05, 0) is 6.92 Å². The third-order valence-electron chi connectivity index (χ3n) is 0.496. The number of rotatable bonds is 2. The van der Waals surface area contributed by atoms with Gasteiger partial charge in [0.05, 0.1) is 0 Å². The Labute approximate surface area is 48.0 Å². The molecule has 0 rings (SSSR count). The van der Waals surface area contributed by atoms with Crippen molar-refractivity contribution in [2.45, 2.75) is 6.92 Å². The molecule has 0 aliphatic rings. The van der Waals surface area contributed by atoms with Gasteiger partial charge in [-0.2, -0.15) is 0 Å². The van der Waals surface area contributed by atoms with Crippen LogP contribution in [0.5, 0.6) is 0 Å². The SMILES string of the molecule is C=C(C)NC(=O)CO. The predicted octanol–water partition coefficient (Wildman–Crippen LogP) is -0.372. The average Bonchev–Trinajstić information content (AvgIpc) is 1.65. The lowest BCUT2D eigenvalue weighted by Crippen LogP contribution is -2.23. The van der Waals surface area contributed by atoms with Crippen molar-refractivity contribution in [2.24, 2.45) is 0 Å². The van der Waals surface area contributed by atoms with Gasteiger partial charge in [0.25, 0.3) is 0 Å². The number of carbonyl (C=O) groups excluding carboxylic acids is 1. The number of hydrogen-bond acceptors (Lipinski definition) is 2. The zero-order valence-corrected chi connectivity index (χ0v) is 4.77. The molecule has 46 valence electrons. The van der Waals surface area contributed by atoms with Crippen molar-refractivity contribution in [3.05, 3.63) is 12.3 Å². The van der Waals surface area contributed by atoms with Crippen molar-refractivity contribution >= 4 is 5.91 Å². The van der Waals surface area contributed by atoms with E-state index >= 15 is 0 Å². The molecule has 0 unspecified atom stereocenters. The lowest BCUT2D eigenvalue weighted by Gasteiger charge is -1.97. The maximum Gasteiger partial charge on any atom is 0.249 e. The van der Waals surface area contributed by atoms with E-state index in [4.69, 9.17) is 5.11 Å². The standard InChI is InChI=1S/C5H9NO2/c1-4(2)6-5(8)3-7/h7H,1,3H2,2H3,(H,6,8). The first-order valence-electron chi connectivity index (χ1n) is 2.23. The van der Waals surface area contributed by atoms with Crippen LogP contribution in [0.2, 0.25) is 0 Å². The first-order valence-corrected chi connectivity index (χ1v) is 2.23. The highest BCUT2D eigenvalue weighted by atomic mass is 16.3. The molecule has 8 heavy (non-hydrogen) atoms. The molecule has 0 atom stereocenters. The average molecular weight is 115 g/mol. The summed E-state index contributed by atoms with van der Waals surface area (Å²) in [5.74, 6) is -0.419. The van der Waals surface area contributed by atoms with E-state index in [1.165, 1.54) is 0 Å². The number of amides is 1. The van der Waals surface area contributed by atoms with E-state index in [0.29, 0.717) is 5.70 Å². The summed E-state index contributed by atoms with van der Waals surface area (Å²) in [5, 5.41) is 10.4. The lowest BCUT2D eigenvalue weighted by molar-refractivity contribution is -0.123. The van der Waals surface area contributed by atoms with Crippen molar-refractivity contribution in [3.63, 3.8) is 0 Å². The Kier molecular flexibility index (Phi) is 2.88. The number of aliphatic hydroxyl groups is 1. The van der Waals surface area contributed by atoms with E-state index in [0.717, 1.165) is 0 Å². The lowest BCUT2D eigenvalue weighted by atomic mass is 10.5. The van der Waals surface area contributed by atoms with Gasteiger partial charge in [0.1, 0.15) is 6.61 Å². The topological polar surface area (TPSA) is 49.3 Å². The van der Waals surface area contributed by atoms with E-state index in [1.54, 1.807) is 6.92 Å². The molecule has 0 saturated carbocycles. The van der Waals surface area contributed by atoms with Crippen molar-refractivity contribution in [1.82, 2.24) is 5.32 Å². The zero-order chi connectivity index (χ0) is 6.57. The highest BCUT2D eigenvalue weighted by Gasteiger charge is 1.93. The second-order valence-corrected chi connectivity index (χ2v) is 1.49. The normalized spacial score (nSPS) is 8.25. The fourth-order valence-corrected chi connectivity index (χ4v) is 0.278. The molecule has 3 nitrogen and oxygen atoms in total. The number of aliphatic hydroxyl groups excluding tert-OH is 1. The van der Waals surface area contributed by atoms with Crippen LogP contribution in [0.4, 0.5) is 0 Å². The van der Waals surface area contributed by atoms with Crippen LogP contribution in [-0.2, 0) is 4.79 Å². The van der Waals surface area contributed by atoms with E-state index in [2.05, 4.69) is 11.9 Å². The molecule has 1 amide bonds. The maximum atomic E-state index is 10.2. The van der Waals surface area contributed by atoms with Crippen LogP contribution in [0.25, 0.3) is 0 Å². The minimum atomic E-state index is -0.479. The molecule has 0 aromatic heterocycles.